The Morgan fingerprint density at radius 3 is 2.65 bits per heavy atom. The van der Waals surface area contributed by atoms with Gasteiger partial charge in [-0.05, 0) is 35.7 Å². The maximum Gasteiger partial charge on any atom is 0.258 e. The summed E-state index contributed by atoms with van der Waals surface area (Å²) in [6.07, 6.45) is 0. The Hall–Kier alpha value is -1.92. The van der Waals surface area contributed by atoms with Gasteiger partial charge in [0.15, 0.2) is 6.61 Å². The zero-order chi connectivity index (χ0) is 14.4. The van der Waals surface area contributed by atoms with Crippen LogP contribution in [0.25, 0.3) is 0 Å². The number of ether oxygens (including phenoxy) is 1. The third-order valence-corrected chi connectivity index (χ3v) is 3.66. The maximum absolute atomic E-state index is 11.6. The van der Waals surface area contributed by atoms with Crippen molar-refractivity contribution in [2.75, 3.05) is 6.61 Å². The van der Waals surface area contributed by atoms with Gasteiger partial charge in [-0.2, -0.15) is 0 Å². The second-order valence-corrected chi connectivity index (χ2v) is 5.51. The second kappa shape index (κ2) is 7.02. The summed E-state index contributed by atoms with van der Waals surface area (Å²) in [5.41, 5.74) is 6.27. The molecule has 104 valence electrons. The quantitative estimate of drug-likeness (QED) is 0.802. The van der Waals surface area contributed by atoms with Crippen molar-refractivity contribution in [3.63, 3.8) is 0 Å². The third kappa shape index (κ3) is 4.32. The average molecular weight is 306 g/mol. The number of hydrogen-bond donors (Lipinski definition) is 2. The highest BCUT2D eigenvalue weighted by atomic mass is 32.1. The second-order valence-electron chi connectivity index (χ2n) is 4.03. The van der Waals surface area contributed by atoms with Gasteiger partial charge in [0.25, 0.3) is 5.91 Å². The Balaban J connectivity index is 1.76. The average Bonchev–Trinajstić information content (AvgIpc) is 2.96. The summed E-state index contributed by atoms with van der Waals surface area (Å²) in [4.78, 5) is 13.1. The van der Waals surface area contributed by atoms with E-state index in [0.29, 0.717) is 17.3 Å². The minimum atomic E-state index is -0.156. The highest BCUT2D eigenvalue weighted by Crippen LogP contribution is 2.12. The first kappa shape index (κ1) is 14.5. The van der Waals surface area contributed by atoms with Gasteiger partial charge >= 0.3 is 0 Å². The van der Waals surface area contributed by atoms with E-state index in [4.69, 9.17) is 22.7 Å². The number of rotatable bonds is 6. The molecule has 20 heavy (non-hydrogen) atoms. The molecule has 2 aromatic rings. The summed E-state index contributed by atoms with van der Waals surface area (Å²) >= 11 is 6.46. The Morgan fingerprint density at radius 1 is 1.30 bits per heavy atom. The van der Waals surface area contributed by atoms with Crippen LogP contribution in [-0.4, -0.2) is 17.5 Å². The molecule has 1 amide bonds. The van der Waals surface area contributed by atoms with Gasteiger partial charge < -0.3 is 15.8 Å². The standard InChI is InChI=1S/C14H14N2O2S2/c15-14(19)10-3-5-11(6-4-10)18-9-13(17)16-8-12-2-1-7-20-12/h1-7H,8-9H2,(H2,15,19)(H,16,17). The van der Waals surface area contributed by atoms with Crippen LogP contribution in [-0.2, 0) is 11.3 Å². The smallest absolute Gasteiger partial charge is 0.258 e. The van der Waals surface area contributed by atoms with Crippen molar-refractivity contribution in [2.45, 2.75) is 6.54 Å². The van der Waals surface area contributed by atoms with Gasteiger partial charge in [-0.3, -0.25) is 4.79 Å². The maximum atomic E-state index is 11.6. The topological polar surface area (TPSA) is 64.3 Å². The lowest BCUT2D eigenvalue weighted by Gasteiger charge is -2.07. The predicted octanol–water partition coefficient (Wildman–Crippen LogP) is 2.08. The van der Waals surface area contributed by atoms with E-state index in [1.807, 2.05) is 17.5 Å². The minimum Gasteiger partial charge on any atom is -0.484 e. The van der Waals surface area contributed by atoms with Crippen molar-refractivity contribution < 1.29 is 9.53 Å². The highest BCUT2D eigenvalue weighted by Gasteiger charge is 2.04. The molecule has 6 heteroatoms. The van der Waals surface area contributed by atoms with E-state index in [1.165, 1.54) is 0 Å². The van der Waals surface area contributed by atoms with E-state index in [0.717, 1.165) is 10.4 Å². The van der Waals surface area contributed by atoms with Gasteiger partial charge in [0, 0.05) is 10.4 Å². The largest absolute Gasteiger partial charge is 0.484 e. The summed E-state index contributed by atoms with van der Waals surface area (Å²) in [7, 11) is 0. The third-order valence-electron chi connectivity index (χ3n) is 2.55. The predicted molar refractivity (Wildman–Crippen MR) is 84.0 cm³/mol. The van der Waals surface area contributed by atoms with Crippen LogP contribution in [0.4, 0.5) is 0 Å². The number of nitrogens with one attached hydrogen (secondary N) is 1. The molecule has 1 aromatic heterocycles. The first-order chi connectivity index (χ1) is 9.65. The van der Waals surface area contributed by atoms with Crippen molar-refractivity contribution in [3.05, 3.63) is 52.2 Å². The zero-order valence-corrected chi connectivity index (χ0v) is 12.3. The molecule has 0 saturated heterocycles. The number of carbonyl (C=O) groups excluding carboxylic acids is 1. The molecule has 0 unspecified atom stereocenters. The van der Waals surface area contributed by atoms with Gasteiger partial charge in [0.2, 0.25) is 0 Å². The van der Waals surface area contributed by atoms with Crippen molar-refractivity contribution in [3.8, 4) is 5.75 Å². The SMILES string of the molecule is NC(=S)c1ccc(OCC(=O)NCc2cccs2)cc1. The number of carbonyl (C=O) groups is 1. The monoisotopic (exact) mass is 306 g/mol. The van der Waals surface area contributed by atoms with Gasteiger partial charge in [-0.15, -0.1) is 11.3 Å². The summed E-state index contributed by atoms with van der Waals surface area (Å²) in [5.74, 6) is 0.452. The fourth-order valence-corrected chi connectivity index (χ4v) is 2.29. The number of amides is 1. The molecule has 0 aliphatic carbocycles. The van der Waals surface area contributed by atoms with Crippen LogP contribution in [0.15, 0.2) is 41.8 Å². The van der Waals surface area contributed by atoms with Crippen molar-refractivity contribution in [2.24, 2.45) is 5.73 Å². The van der Waals surface area contributed by atoms with Crippen LogP contribution in [0.2, 0.25) is 0 Å². The van der Waals surface area contributed by atoms with E-state index < -0.39 is 0 Å². The molecule has 0 aliphatic heterocycles. The number of thiocarbonyl (C=S) groups is 1. The zero-order valence-electron chi connectivity index (χ0n) is 10.7. The Kier molecular flexibility index (Phi) is 5.09. The first-order valence-electron chi connectivity index (χ1n) is 5.97. The molecular formula is C14H14N2O2S2. The molecule has 0 fully saturated rings. The van der Waals surface area contributed by atoms with Gasteiger partial charge in [0.05, 0.1) is 6.54 Å². The molecular weight excluding hydrogens is 292 g/mol. The van der Waals surface area contributed by atoms with Crippen LogP contribution in [0.3, 0.4) is 0 Å². The molecule has 1 aromatic carbocycles. The number of hydrogen-bond acceptors (Lipinski definition) is 4. The Bertz CT molecular complexity index is 580. The van der Waals surface area contributed by atoms with E-state index >= 15 is 0 Å². The van der Waals surface area contributed by atoms with Gasteiger partial charge in [0.1, 0.15) is 10.7 Å². The number of nitrogens with two attached hydrogens (primary N) is 1. The van der Waals surface area contributed by atoms with Crippen molar-refractivity contribution in [1.29, 1.82) is 0 Å². The van der Waals surface area contributed by atoms with Gasteiger partial charge in [-0.1, -0.05) is 18.3 Å². The molecule has 0 aliphatic rings. The Labute approximate surface area is 126 Å². The number of thiophene rings is 1. The van der Waals surface area contributed by atoms with E-state index in [9.17, 15) is 4.79 Å². The van der Waals surface area contributed by atoms with Crippen molar-refractivity contribution in [1.82, 2.24) is 5.32 Å². The molecule has 4 nitrogen and oxygen atoms in total. The van der Waals surface area contributed by atoms with Gasteiger partial charge in [-0.25, -0.2) is 0 Å². The fraction of sp³-hybridized carbons (Fsp3) is 0.143. The summed E-state index contributed by atoms with van der Waals surface area (Å²) in [6.45, 7) is 0.512. The van der Waals surface area contributed by atoms with E-state index in [1.54, 1.807) is 35.6 Å². The minimum absolute atomic E-state index is 0.0161. The van der Waals surface area contributed by atoms with Crippen LogP contribution in [0.1, 0.15) is 10.4 Å². The molecule has 3 N–H and O–H groups in total. The van der Waals surface area contributed by atoms with Crippen LogP contribution < -0.4 is 15.8 Å². The molecule has 1 heterocycles. The Morgan fingerprint density at radius 2 is 2.05 bits per heavy atom. The van der Waals surface area contributed by atoms with Crippen LogP contribution >= 0.6 is 23.6 Å². The summed E-state index contributed by atoms with van der Waals surface area (Å²) in [6, 6.07) is 10.9. The first-order valence-corrected chi connectivity index (χ1v) is 7.25. The fourth-order valence-electron chi connectivity index (χ4n) is 1.51. The lowest BCUT2D eigenvalue weighted by Crippen LogP contribution is -2.28. The lowest BCUT2D eigenvalue weighted by molar-refractivity contribution is -0.123. The molecule has 0 atom stereocenters. The van der Waals surface area contributed by atoms with E-state index in [-0.39, 0.29) is 12.5 Å². The molecule has 0 bridgehead atoms. The van der Waals surface area contributed by atoms with Crippen LogP contribution in [0, 0.1) is 0 Å². The van der Waals surface area contributed by atoms with Crippen molar-refractivity contribution >= 4 is 34.5 Å². The molecule has 0 radical (unpaired) electrons. The molecule has 0 saturated carbocycles. The normalized spacial score (nSPS) is 10.0. The number of benzene rings is 1. The summed E-state index contributed by atoms with van der Waals surface area (Å²) in [5, 5.41) is 4.76. The molecule has 2 rings (SSSR count). The van der Waals surface area contributed by atoms with Crippen LogP contribution in [0.5, 0.6) is 5.75 Å². The highest BCUT2D eigenvalue weighted by molar-refractivity contribution is 7.80. The summed E-state index contributed by atoms with van der Waals surface area (Å²) < 4.78 is 5.38. The lowest BCUT2D eigenvalue weighted by atomic mass is 10.2. The molecule has 0 spiro atoms. The van der Waals surface area contributed by atoms with E-state index in [2.05, 4.69) is 5.32 Å².